The number of rotatable bonds is 8. The van der Waals surface area contributed by atoms with Crippen LogP contribution in [0.3, 0.4) is 0 Å². The summed E-state index contributed by atoms with van der Waals surface area (Å²) in [5, 5.41) is 8.60. The van der Waals surface area contributed by atoms with E-state index in [0.717, 1.165) is 12.8 Å². The van der Waals surface area contributed by atoms with E-state index in [9.17, 15) is 8.42 Å². The van der Waals surface area contributed by atoms with E-state index in [1.165, 1.54) is 19.2 Å². The van der Waals surface area contributed by atoms with Crippen LogP contribution in [0.15, 0.2) is 29.2 Å². The SMILES string of the molecule is COc1ccc(S(=O)(=O)NCCCCCO)cc1. The summed E-state index contributed by atoms with van der Waals surface area (Å²) >= 11 is 0. The summed E-state index contributed by atoms with van der Waals surface area (Å²) in [4.78, 5) is 0.227. The molecule has 0 atom stereocenters. The van der Waals surface area contributed by atoms with Crippen molar-refractivity contribution in [1.82, 2.24) is 4.72 Å². The maximum atomic E-state index is 11.9. The fraction of sp³-hybridized carbons (Fsp3) is 0.500. The molecular formula is C12H19NO4S. The van der Waals surface area contributed by atoms with E-state index in [2.05, 4.69) is 4.72 Å². The number of aliphatic hydroxyl groups excluding tert-OH is 1. The lowest BCUT2D eigenvalue weighted by Gasteiger charge is -2.07. The number of hydrogen-bond donors (Lipinski definition) is 2. The molecule has 0 saturated heterocycles. The fourth-order valence-electron chi connectivity index (χ4n) is 1.46. The third kappa shape index (κ3) is 4.64. The first-order valence-corrected chi connectivity index (χ1v) is 7.33. The van der Waals surface area contributed by atoms with Crippen LogP contribution in [0.5, 0.6) is 5.75 Å². The van der Waals surface area contributed by atoms with Crippen molar-refractivity contribution in [3.05, 3.63) is 24.3 Å². The van der Waals surface area contributed by atoms with Gasteiger partial charge in [0.05, 0.1) is 12.0 Å². The second-order valence-electron chi connectivity index (χ2n) is 3.86. The van der Waals surface area contributed by atoms with E-state index < -0.39 is 10.0 Å². The van der Waals surface area contributed by atoms with Crippen LogP contribution in [0.1, 0.15) is 19.3 Å². The molecule has 0 aromatic heterocycles. The van der Waals surface area contributed by atoms with Gasteiger partial charge in [0.1, 0.15) is 5.75 Å². The Kier molecular flexibility index (Phi) is 6.11. The molecule has 0 aliphatic carbocycles. The Morgan fingerprint density at radius 1 is 1.17 bits per heavy atom. The molecule has 0 aliphatic rings. The average molecular weight is 273 g/mol. The molecule has 0 radical (unpaired) electrons. The number of unbranched alkanes of at least 4 members (excludes halogenated alkanes) is 2. The van der Waals surface area contributed by atoms with Gasteiger partial charge in [-0.05, 0) is 43.5 Å². The van der Waals surface area contributed by atoms with E-state index >= 15 is 0 Å². The maximum Gasteiger partial charge on any atom is 0.240 e. The molecule has 0 saturated carbocycles. The van der Waals surface area contributed by atoms with Crippen molar-refractivity contribution in [3.63, 3.8) is 0 Å². The highest BCUT2D eigenvalue weighted by molar-refractivity contribution is 7.89. The molecule has 1 rings (SSSR count). The molecule has 0 spiro atoms. The Morgan fingerprint density at radius 2 is 1.83 bits per heavy atom. The Hall–Kier alpha value is -1.11. The zero-order valence-corrected chi connectivity index (χ0v) is 11.2. The van der Waals surface area contributed by atoms with E-state index in [4.69, 9.17) is 9.84 Å². The standard InChI is InChI=1S/C12H19NO4S/c1-17-11-5-7-12(8-6-11)18(15,16)13-9-3-2-4-10-14/h5-8,13-14H,2-4,9-10H2,1H3. The molecule has 1 aromatic rings. The lowest BCUT2D eigenvalue weighted by molar-refractivity contribution is 0.283. The van der Waals surface area contributed by atoms with Gasteiger partial charge in [-0.15, -0.1) is 0 Å². The van der Waals surface area contributed by atoms with E-state index in [1.54, 1.807) is 12.1 Å². The van der Waals surface area contributed by atoms with Gasteiger partial charge < -0.3 is 9.84 Å². The summed E-state index contributed by atoms with van der Waals surface area (Å²) in [5.41, 5.74) is 0. The molecule has 1 aromatic carbocycles. The average Bonchev–Trinajstić information content (AvgIpc) is 2.38. The Bertz CT molecular complexity index is 442. The molecule has 0 aliphatic heterocycles. The summed E-state index contributed by atoms with van der Waals surface area (Å²) in [6.07, 6.45) is 2.22. The van der Waals surface area contributed by atoms with Gasteiger partial charge >= 0.3 is 0 Å². The van der Waals surface area contributed by atoms with Crippen LogP contribution in [-0.2, 0) is 10.0 Å². The number of aliphatic hydroxyl groups is 1. The van der Waals surface area contributed by atoms with Crippen molar-refractivity contribution in [2.75, 3.05) is 20.3 Å². The molecule has 18 heavy (non-hydrogen) atoms. The third-order valence-electron chi connectivity index (χ3n) is 2.50. The van der Waals surface area contributed by atoms with Crippen molar-refractivity contribution in [2.45, 2.75) is 24.2 Å². The van der Waals surface area contributed by atoms with Crippen molar-refractivity contribution in [1.29, 1.82) is 0 Å². The third-order valence-corrected chi connectivity index (χ3v) is 3.97. The highest BCUT2D eigenvalue weighted by Gasteiger charge is 2.12. The summed E-state index contributed by atoms with van der Waals surface area (Å²) in [7, 11) is -1.91. The largest absolute Gasteiger partial charge is 0.497 e. The molecule has 0 heterocycles. The Labute approximate surface area is 108 Å². The van der Waals surface area contributed by atoms with Crippen molar-refractivity contribution in [2.24, 2.45) is 0 Å². The van der Waals surface area contributed by atoms with Gasteiger partial charge in [-0.1, -0.05) is 0 Å². The first-order valence-electron chi connectivity index (χ1n) is 5.85. The summed E-state index contributed by atoms with van der Waals surface area (Å²) in [5.74, 6) is 0.622. The topological polar surface area (TPSA) is 75.6 Å². The number of benzene rings is 1. The van der Waals surface area contributed by atoms with Gasteiger partial charge in [-0.25, -0.2) is 13.1 Å². The zero-order valence-electron chi connectivity index (χ0n) is 10.4. The first kappa shape index (κ1) is 14.9. The van der Waals surface area contributed by atoms with Crippen molar-refractivity contribution >= 4 is 10.0 Å². The second kappa shape index (κ2) is 7.35. The monoisotopic (exact) mass is 273 g/mol. The molecule has 2 N–H and O–H groups in total. The first-order chi connectivity index (χ1) is 8.60. The Balaban J connectivity index is 2.51. The summed E-state index contributed by atoms with van der Waals surface area (Å²) < 4.78 is 31.2. The molecule has 0 fully saturated rings. The van der Waals surface area contributed by atoms with Crippen LogP contribution < -0.4 is 9.46 Å². The van der Waals surface area contributed by atoms with E-state index in [1.807, 2.05) is 0 Å². The van der Waals surface area contributed by atoms with E-state index in [-0.39, 0.29) is 11.5 Å². The number of sulfonamides is 1. The number of methoxy groups -OCH3 is 1. The quantitative estimate of drug-likeness (QED) is 0.696. The number of nitrogens with one attached hydrogen (secondary N) is 1. The smallest absolute Gasteiger partial charge is 0.240 e. The van der Waals surface area contributed by atoms with Gasteiger partial charge in [0, 0.05) is 13.2 Å². The van der Waals surface area contributed by atoms with Crippen LogP contribution in [0, 0.1) is 0 Å². The van der Waals surface area contributed by atoms with Gasteiger partial charge in [-0.2, -0.15) is 0 Å². The van der Waals surface area contributed by atoms with Crippen LogP contribution in [0.2, 0.25) is 0 Å². The van der Waals surface area contributed by atoms with Crippen molar-refractivity contribution in [3.8, 4) is 5.75 Å². The predicted molar refractivity (Wildman–Crippen MR) is 69.1 cm³/mol. The molecular weight excluding hydrogens is 254 g/mol. The Morgan fingerprint density at radius 3 is 2.39 bits per heavy atom. The second-order valence-corrected chi connectivity index (χ2v) is 5.62. The van der Waals surface area contributed by atoms with Crippen LogP contribution in [-0.4, -0.2) is 33.8 Å². The summed E-state index contributed by atoms with van der Waals surface area (Å²) in [6, 6.07) is 6.24. The number of ether oxygens (including phenoxy) is 1. The highest BCUT2D eigenvalue weighted by atomic mass is 32.2. The minimum atomic E-state index is -3.44. The molecule has 0 unspecified atom stereocenters. The molecule has 5 nitrogen and oxygen atoms in total. The normalized spacial score (nSPS) is 11.4. The minimum absolute atomic E-state index is 0.144. The van der Waals surface area contributed by atoms with Gasteiger partial charge in [0.2, 0.25) is 10.0 Å². The minimum Gasteiger partial charge on any atom is -0.497 e. The molecule has 102 valence electrons. The van der Waals surface area contributed by atoms with Crippen molar-refractivity contribution < 1.29 is 18.3 Å². The van der Waals surface area contributed by atoms with Crippen LogP contribution in [0.4, 0.5) is 0 Å². The zero-order chi connectivity index (χ0) is 13.4. The van der Waals surface area contributed by atoms with Gasteiger partial charge in [0.15, 0.2) is 0 Å². The van der Waals surface area contributed by atoms with Gasteiger partial charge in [0.25, 0.3) is 0 Å². The highest BCUT2D eigenvalue weighted by Crippen LogP contribution is 2.15. The van der Waals surface area contributed by atoms with Crippen LogP contribution >= 0.6 is 0 Å². The van der Waals surface area contributed by atoms with Crippen LogP contribution in [0.25, 0.3) is 0 Å². The number of hydrogen-bond acceptors (Lipinski definition) is 4. The van der Waals surface area contributed by atoms with E-state index in [0.29, 0.717) is 18.7 Å². The lowest BCUT2D eigenvalue weighted by atomic mass is 10.2. The molecule has 0 amide bonds. The summed E-state index contributed by atoms with van der Waals surface area (Å²) in [6.45, 7) is 0.527. The maximum absolute atomic E-state index is 11.9. The van der Waals surface area contributed by atoms with Gasteiger partial charge in [-0.3, -0.25) is 0 Å². The fourth-order valence-corrected chi connectivity index (χ4v) is 2.53. The molecule has 0 bridgehead atoms. The molecule has 6 heteroatoms. The predicted octanol–water partition coefficient (Wildman–Crippen LogP) is 1.14. The lowest BCUT2D eigenvalue weighted by Crippen LogP contribution is -2.24.